The Morgan fingerprint density at radius 2 is 2.00 bits per heavy atom. The van der Waals surface area contributed by atoms with Crippen LogP contribution in [0.5, 0.6) is 5.75 Å². The Hall–Kier alpha value is -3.07. The zero-order valence-corrected chi connectivity index (χ0v) is 16.9. The molecule has 4 heterocycles. The molecule has 0 aromatic carbocycles. The highest BCUT2D eigenvalue weighted by molar-refractivity contribution is 5.85. The van der Waals surface area contributed by atoms with E-state index in [2.05, 4.69) is 35.1 Å². The quantitative estimate of drug-likeness (QED) is 0.673. The highest BCUT2D eigenvalue weighted by atomic mass is 16.5. The Morgan fingerprint density at radius 3 is 2.66 bits per heavy atom. The van der Waals surface area contributed by atoms with Gasteiger partial charge in [-0.1, -0.05) is 6.92 Å². The van der Waals surface area contributed by atoms with E-state index in [4.69, 9.17) is 9.72 Å². The molecular formula is C23H25N5O. The summed E-state index contributed by atoms with van der Waals surface area (Å²) in [6.45, 7) is 7.14. The Kier molecular flexibility index (Phi) is 4.39. The summed E-state index contributed by atoms with van der Waals surface area (Å²) < 4.78 is 7.42. The number of ether oxygens (including phenoxy) is 1. The number of fused-ring (bicyclic) bond motifs is 2. The van der Waals surface area contributed by atoms with Crippen molar-refractivity contribution in [3.05, 3.63) is 42.4 Å². The Labute approximate surface area is 170 Å². The van der Waals surface area contributed by atoms with E-state index in [1.165, 1.54) is 12.8 Å². The molecule has 0 amide bonds. The fourth-order valence-corrected chi connectivity index (χ4v) is 5.17. The molecule has 6 heteroatoms. The molecule has 6 nitrogen and oxygen atoms in total. The largest absolute Gasteiger partial charge is 0.492 e. The Morgan fingerprint density at radius 1 is 1.21 bits per heavy atom. The van der Waals surface area contributed by atoms with Crippen LogP contribution in [-0.4, -0.2) is 34.3 Å². The molecule has 1 aliphatic heterocycles. The van der Waals surface area contributed by atoms with Crippen molar-refractivity contribution in [1.82, 2.24) is 14.6 Å². The summed E-state index contributed by atoms with van der Waals surface area (Å²) in [7, 11) is 0. The van der Waals surface area contributed by atoms with Crippen LogP contribution in [0.15, 0.2) is 36.8 Å². The lowest BCUT2D eigenvalue weighted by molar-refractivity contribution is 0.338. The van der Waals surface area contributed by atoms with Crippen LogP contribution in [0.4, 0.5) is 5.82 Å². The summed E-state index contributed by atoms with van der Waals surface area (Å²) >= 11 is 0. The van der Waals surface area contributed by atoms with Crippen molar-refractivity contribution in [2.45, 2.75) is 26.7 Å². The fourth-order valence-electron chi connectivity index (χ4n) is 5.17. The molecular weight excluding hydrogens is 362 g/mol. The number of anilines is 1. The van der Waals surface area contributed by atoms with Crippen LogP contribution >= 0.6 is 0 Å². The van der Waals surface area contributed by atoms with E-state index in [1.54, 1.807) is 10.7 Å². The van der Waals surface area contributed by atoms with Crippen LogP contribution in [0, 0.1) is 29.1 Å². The van der Waals surface area contributed by atoms with Gasteiger partial charge >= 0.3 is 0 Å². The molecule has 1 aliphatic carbocycles. The average Bonchev–Trinajstić information content (AvgIpc) is 3.40. The van der Waals surface area contributed by atoms with Gasteiger partial charge in [-0.15, -0.1) is 0 Å². The minimum atomic E-state index is 0.550. The lowest BCUT2D eigenvalue weighted by Gasteiger charge is -2.19. The Balaban J connectivity index is 1.48. The van der Waals surface area contributed by atoms with Gasteiger partial charge in [0.25, 0.3) is 0 Å². The molecule has 5 rings (SSSR count). The van der Waals surface area contributed by atoms with Crippen LogP contribution in [0.25, 0.3) is 16.6 Å². The predicted molar refractivity (Wildman–Crippen MR) is 112 cm³/mol. The van der Waals surface area contributed by atoms with Crippen molar-refractivity contribution in [3.63, 3.8) is 0 Å². The smallest absolute Gasteiger partial charge is 0.138 e. The highest BCUT2D eigenvalue weighted by Gasteiger charge is 2.39. The molecule has 3 atom stereocenters. The summed E-state index contributed by atoms with van der Waals surface area (Å²) in [4.78, 5) is 7.21. The van der Waals surface area contributed by atoms with Crippen LogP contribution in [0.1, 0.15) is 32.3 Å². The van der Waals surface area contributed by atoms with Crippen LogP contribution in [0.2, 0.25) is 0 Å². The van der Waals surface area contributed by atoms with Gasteiger partial charge in [-0.25, -0.2) is 9.50 Å². The summed E-state index contributed by atoms with van der Waals surface area (Å²) in [5.41, 5.74) is 3.21. The summed E-state index contributed by atoms with van der Waals surface area (Å²) in [5, 5.41) is 13.8. The van der Waals surface area contributed by atoms with E-state index in [9.17, 15) is 5.26 Å². The molecule has 1 saturated heterocycles. The van der Waals surface area contributed by atoms with E-state index in [1.807, 2.05) is 25.4 Å². The molecule has 2 fully saturated rings. The average molecular weight is 387 g/mol. The van der Waals surface area contributed by atoms with Crippen molar-refractivity contribution in [2.24, 2.45) is 17.8 Å². The molecule has 29 heavy (non-hydrogen) atoms. The van der Waals surface area contributed by atoms with Crippen molar-refractivity contribution < 1.29 is 4.74 Å². The zero-order valence-electron chi connectivity index (χ0n) is 16.9. The number of hydrogen-bond donors (Lipinski definition) is 0. The van der Waals surface area contributed by atoms with E-state index < -0.39 is 0 Å². The first-order valence-electron chi connectivity index (χ1n) is 10.4. The molecule has 3 aromatic rings. The van der Waals surface area contributed by atoms with Crippen molar-refractivity contribution in [1.29, 1.82) is 5.26 Å². The van der Waals surface area contributed by atoms with Gasteiger partial charge in [0.2, 0.25) is 0 Å². The maximum atomic E-state index is 9.50. The first-order chi connectivity index (χ1) is 14.2. The predicted octanol–water partition coefficient (Wildman–Crippen LogP) is 4.15. The first kappa shape index (κ1) is 18.0. The zero-order chi connectivity index (χ0) is 20.0. The summed E-state index contributed by atoms with van der Waals surface area (Å²) in [5.74, 6) is 4.28. The highest BCUT2D eigenvalue weighted by Crippen LogP contribution is 2.42. The second kappa shape index (κ2) is 7.07. The fraction of sp³-hybridized carbons (Fsp3) is 0.435. The van der Waals surface area contributed by atoms with Gasteiger partial charge in [0, 0.05) is 30.4 Å². The van der Waals surface area contributed by atoms with Gasteiger partial charge in [-0.05, 0) is 55.7 Å². The third-order valence-electron chi connectivity index (χ3n) is 6.39. The van der Waals surface area contributed by atoms with Gasteiger partial charge in [0.1, 0.15) is 17.6 Å². The SMILES string of the molecule is CCOc1cc(-c2ccc(N3C[C@H]4C[C@@H](C)C[C@H]4C3)nc2)c2c(C#N)cnn2c1. The van der Waals surface area contributed by atoms with Gasteiger partial charge in [0.05, 0.1) is 30.1 Å². The van der Waals surface area contributed by atoms with E-state index in [0.717, 1.165) is 59.1 Å². The van der Waals surface area contributed by atoms with Crippen molar-refractivity contribution in [2.75, 3.05) is 24.6 Å². The number of nitrogens with zero attached hydrogens (tertiary/aromatic N) is 5. The number of nitriles is 1. The van der Waals surface area contributed by atoms with E-state index in [-0.39, 0.29) is 0 Å². The third kappa shape index (κ3) is 3.11. The molecule has 1 saturated carbocycles. The second-order valence-electron chi connectivity index (χ2n) is 8.39. The normalized spacial score (nSPS) is 23.3. The van der Waals surface area contributed by atoms with Gasteiger partial charge in [-0.3, -0.25) is 0 Å². The second-order valence-corrected chi connectivity index (χ2v) is 8.39. The summed E-state index contributed by atoms with van der Waals surface area (Å²) in [6.07, 6.45) is 8.01. The minimum Gasteiger partial charge on any atom is -0.492 e. The molecule has 0 unspecified atom stereocenters. The third-order valence-corrected chi connectivity index (χ3v) is 6.39. The number of rotatable bonds is 4. The Bertz CT molecular complexity index is 1070. The molecule has 0 N–H and O–H groups in total. The van der Waals surface area contributed by atoms with Gasteiger partial charge in [0.15, 0.2) is 0 Å². The van der Waals surface area contributed by atoms with Crippen molar-refractivity contribution >= 4 is 11.3 Å². The number of pyridine rings is 2. The molecule has 3 aromatic heterocycles. The molecule has 0 spiro atoms. The lowest BCUT2D eigenvalue weighted by atomic mass is 10.0. The van der Waals surface area contributed by atoms with Crippen molar-refractivity contribution in [3.8, 4) is 22.9 Å². The number of aromatic nitrogens is 3. The lowest BCUT2D eigenvalue weighted by Crippen LogP contribution is -2.22. The van der Waals surface area contributed by atoms with Crippen LogP contribution in [0.3, 0.4) is 0 Å². The maximum absolute atomic E-state index is 9.50. The number of hydrogen-bond acceptors (Lipinski definition) is 5. The van der Waals surface area contributed by atoms with Gasteiger partial charge < -0.3 is 9.64 Å². The molecule has 0 radical (unpaired) electrons. The standard InChI is InChI=1S/C23H25N5O/c1-3-29-20-8-21(23-19(9-24)11-26-28(23)14-20)16-4-5-22(25-10-16)27-12-17-6-15(2)7-18(17)13-27/h4-5,8,10-11,14-15,17-18H,3,6-7,12-13H2,1-2H3/t15-,17-,18+. The van der Waals surface area contributed by atoms with Crippen LogP contribution in [-0.2, 0) is 0 Å². The summed E-state index contributed by atoms with van der Waals surface area (Å²) in [6, 6.07) is 8.41. The molecule has 0 bridgehead atoms. The minimum absolute atomic E-state index is 0.550. The first-order valence-corrected chi connectivity index (χ1v) is 10.4. The van der Waals surface area contributed by atoms with E-state index in [0.29, 0.717) is 12.2 Å². The maximum Gasteiger partial charge on any atom is 0.138 e. The van der Waals surface area contributed by atoms with Crippen LogP contribution < -0.4 is 9.64 Å². The topological polar surface area (TPSA) is 66.5 Å². The van der Waals surface area contributed by atoms with Gasteiger partial charge in [-0.2, -0.15) is 10.4 Å². The molecule has 148 valence electrons. The molecule has 2 aliphatic rings. The monoisotopic (exact) mass is 387 g/mol. The van der Waals surface area contributed by atoms with E-state index >= 15 is 0 Å².